The largest absolute Gasteiger partial charge is 0.469 e. The number of hydrogen-bond donors (Lipinski definition) is 0. The molecule has 0 aromatic heterocycles. The molecule has 1 unspecified atom stereocenters. The van der Waals surface area contributed by atoms with Gasteiger partial charge in [0.05, 0.1) is 18.9 Å². The smallest absolute Gasteiger partial charge is 0.309 e. The van der Waals surface area contributed by atoms with Gasteiger partial charge < -0.3 is 9.64 Å². The lowest BCUT2D eigenvalue weighted by Gasteiger charge is -2.38. The summed E-state index contributed by atoms with van der Waals surface area (Å²) in [5.41, 5.74) is 2.78. The van der Waals surface area contributed by atoms with E-state index in [1.165, 1.54) is 37.6 Å². The van der Waals surface area contributed by atoms with Gasteiger partial charge >= 0.3 is 5.97 Å². The third-order valence-corrected chi connectivity index (χ3v) is 10.2. The summed E-state index contributed by atoms with van der Waals surface area (Å²) in [5, 5.41) is 0. The van der Waals surface area contributed by atoms with Crippen molar-refractivity contribution in [3.63, 3.8) is 0 Å². The zero-order valence-electron chi connectivity index (χ0n) is 25.7. The van der Waals surface area contributed by atoms with Crippen molar-refractivity contribution >= 4 is 11.9 Å². The zero-order valence-corrected chi connectivity index (χ0v) is 25.7. The lowest BCUT2D eigenvalue weighted by atomic mass is 9.75. The molecule has 2 heterocycles. The van der Waals surface area contributed by atoms with Crippen LogP contribution >= 0.6 is 0 Å². The SMILES string of the molecule is COC(=O)[C@H](Cc1ccc(C2CC2)cc1)C(C)C1CCN(C(=O)[C@@H]2CN(C(C)(C)C)C[C@H]2c2ccc(F)cc2F)CC1. The third-order valence-electron chi connectivity index (χ3n) is 10.2. The molecule has 0 radical (unpaired) electrons. The summed E-state index contributed by atoms with van der Waals surface area (Å²) in [6.07, 6.45) is 4.80. The van der Waals surface area contributed by atoms with Crippen LogP contribution in [0.4, 0.5) is 8.78 Å². The van der Waals surface area contributed by atoms with Crippen molar-refractivity contribution in [3.05, 3.63) is 70.8 Å². The van der Waals surface area contributed by atoms with E-state index in [0.717, 1.165) is 24.5 Å². The van der Waals surface area contributed by atoms with Crippen molar-refractivity contribution in [3.8, 4) is 0 Å². The van der Waals surface area contributed by atoms with Crippen molar-refractivity contribution in [2.24, 2.45) is 23.7 Å². The summed E-state index contributed by atoms with van der Waals surface area (Å²) in [7, 11) is 1.46. The van der Waals surface area contributed by atoms with E-state index in [-0.39, 0.29) is 41.1 Å². The number of benzene rings is 2. The Morgan fingerprint density at radius 2 is 1.64 bits per heavy atom. The van der Waals surface area contributed by atoms with Crippen molar-refractivity contribution in [2.45, 2.75) is 77.2 Å². The summed E-state index contributed by atoms with van der Waals surface area (Å²) >= 11 is 0. The zero-order chi connectivity index (χ0) is 30.2. The molecule has 0 N–H and O–H groups in total. The van der Waals surface area contributed by atoms with Gasteiger partial charge in [-0.2, -0.15) is 0 Å². The minimum absolute atomic E-state index is 0.0434. The van der Waals surface area contributed by atoms with E-state index in [1.54, 1.807) is 0 Å². The molecule has 3 fully saturated rings. The highest BCUT2D eigenvalue weighted by Gasteiger charge is 2.45. The third kappa shape index (κ3) is 6.72. The van der Waals surface area contributed by atoms with Crippen LogP contribution in [-0.4, -0.2) is 60.5 Å². The second kappa shape index (κ2) is 12.4. The van der Waals surface area contributed by atoms with E-state index >= 15 is 0 Å². The number of carbonyl (C=O) groups is 2. The number of nitrogens with zero attached hydrogens (tertiary/aromatic N) is 2. The summed E-state index contributed by atoms with van der Waals surface area (Å²) in [6, 6.07) is 12.4. The van der Waals surface area contributed by atoms with Crippen LogP contribution in [0.1, 0.15) is 81.9 Å². The normalized spacial score (nSPS) is 23.5. The average molecular weight is 581 g/mol. The lowest BCUT2D eigenvalue weighted by Crippen LogP contribution is -2.46. The number of methoxy groups -OCH3 is 1. The van der Waals surface area contributed by atoms with Gasteiger partial charge in [0, 0.05) is 43.7 Å². The van der Waals surface area contributed by atoms with Gasteiger partial charge in [-0.05, 0) is 93.4 Å². The Hall–Kier alpha value is -2.80. The van der Waals surface area contributed by atoms with Gasteiger partial charge in [0.1, 0.15) is 11.6 Å². The van der Waals surface area contributed by atoms with Crippen LogP contribution in [0.25, 0.3) is 0 Å². The first kappa shape index (κ1) is 30.7. The Kier molecular flexibility index (Phi) is 9.08. The Labute approximate surface area is 249 Å². The molecular formula is C35H46F2N2O3. The van der Waals surface area contributed by atoms with Crippen LogP contribution < -0.4 is 0 Å². The summed E-state index contributed by atoms with van der Waals surface area (Å²) in [4.78, 5) is 31.0. The first-order chi connectivity index (χ1) is 20.0. The molecule has 0 spiro atoms. The van der Waals surface area contributed by atoms with Crippen LogP contribution in [0.2, 0.25) is 0 Å². The van der Waals surface area contributed by atoms with E-state index in [9.17, 15) is 18.4 Å². The van der Waals surface area contributed by atoms with Crippen molar-refractivity contribution in [1.82, 2.24) is 9.80 Å². The Balaban J connectivity index is 1.25. The van der Waals surface area contributed by atoms with Gasteiger partial charge in [-0.1, -0.05) is 37.3 Å². The predicted molar refractivity (Wildman–Crippen MR) is 160 cm³/mol. The maximum atomic E-state index is 14.9. The molecule has 4 atom stereocenters. The van der Waals surface area contributed by atoms with Crippen LogP contribution in [0.3, 0.4) is 0 Å². The minimum Gasteiger partial charge on any atom is -0.469 e. The van der Waals surface area contributed by atoms with Crippen LogP contribution in [0, 0.1) is 35.3 Å². The number of likely N-dealkylation sites (tertiary alicyclic amines) is 2. The highest BCUT2D eigenvalue weighted by atomic mass is 19.1. The molecule has 5 nitrogen and oxygen atoms in total. The number of amides is 1. The molecule has 2 aromatic rings. The van der Waals surface area contributed by atoms with Crippen LogP contribution in [0.5, 0.6) is 0 Å². The molecule has 1 aliphatic carbocycles. The second-order valence-corrected chi connectivity index (χ2v) is 13.8. The number of halogens is 2. The minimum atomic E-state index is -0.610. The predicted octanol–water partition coefficient (Wildman–Crippen LogP) is 6.56. The standard InChI is InChI=1S/C35H46F2N2O3/c1-22(29(34(41)42-5)18-23-6-8-25(9-7-23)26-10-11-26)24-14-16-38(17-15-24)33(40)31-21-39(35(2,3)4)20-30(31)28-13-12-27(36)19-32(28)37/h6-9,12-13,19,22,24,26,29-31H,10-11,14-18,20-21H2,1-5H3/t22?,29-,30+,31-/m1/s1. The number of esters is 1. The molecule has 42 heavy (non-hydrogen) atoms. The van der Waals surface area contributed by atoms with Crippen molar-refractivity contribution < 1.29 is 23.1 Å². The monoisotopic (exact) mass is 580 g/mol. The van der Waals surface area contributed by atoms with Gasteiger partial charge in [-0.15, -0.1) is 0 Å². The number of hydrogen-bond acceptors (Lipinski definition) is 4. The topological polar surface area (TPSA) is 49.9 Å². The summed E-state index contributed by atoms with van der Waals surface area (Å²) in [5.74, 6) is -1.18. The molecular weight excluding hydrogens is 534 g/mol. The molecule has 2 saturated heterocycles. The maximum absolute atomic E-state index is 14.9. The van der Waals surface area contributed by atoms with E-state index < -0.39 is 11.6 Å². The molecule has 2 aromatic carbocycles. The highest BCUT2D eigenvalue weighted by molar-refractivity contribution is 5.81. The number of ether oxygens (including phenoxy) is 1. The molecule has 1 saturated carbocycles. The fourth-order valence-electron chi connectivity index (χ4n) is 7.16. The molecule has 228 valence electrons. The van der Waals surface area contributed by atoms with Gasteiger partial charge in [-0.25, -0.2) is 8.78 Å². The fourth-order valence-corrected chi connectivity index (χ4v) is 7.16. The van der Waals surface area contributed by atoms with E-state index in [0.29, 0.717) is 50.0 Å². The number of piperidine rings is 1. The van der Waals surface area contributed by atoms with E-state index in [2.05, 4.69) is 56.9 Å². The molecule has 5 rings (SSSR count). The average Bonchev–Trinajstić information content (AvgIpc) is 3.72. The lowest BCUT2D eigenvalue weighted by molar-refractivity contribution is -0.149. The first-order valence-electron chi connectivity index (χ1n) is 15.6. The maximum Gasteiger partial charge on any atom is 0.309 e. The fraction of sp³-hybridized carbons (Fsp3) is 0.600. The van der Waals surface area contributed by atoms with E-state index in [4.69, 9.17) is 4.74 Å². The molecule has 1 amide bonds. The highest BCUT2D eigenvalue weighted by Crippen LogP contribution is 2.41. The van der Waals surface area contributed by atoms with Gasteiger partial charge in [0.25, 0.3) is 0 Å². The van der Waals surface area contributed by atoms with Crippen molar-refractivity contribution in [1.29, 1.82) is 0 Å². The first-order valence-corrected chi connectivity index (χ1v) is 15.6. The molecule has 0 bridgehead atoms. The van der Waals surface area contributed by atoms with Crippen LogP contribution in [0.15, 0.2) is 42.5 Å². The quantitative estimate of drug-likeness (QED) is 0.332. The Morgan fingerprint density at radius 3 is 2.21 bits per heavy atom. The second-order valence-electron chi connectivity index (χ2n) is 13.8. The summed E-state index contributed by atoms with van der Waals surface area (Å²) in [6.45, 7) is 10.8. The molecule has 3 aliphatic rings. The number of carbonyl (C=O) groups excluding carboxylic acids is 2. The summed E-state index contributed by atoms with van der Waals surface area (Å²) < 4.78 is 33.8. The van der Waals surface area contributed by atoms with E-state index in [1.807, 2.05) is 4.90 Å². The molecule has 7 heteroatoms. The molecule has 2 aliphatic heterocycles. The van der Waals surface area contributed by atoms with Gasteiger partial charge in [0.15, 0.2) is 0 Å². The Morgan fingerprint density at radius 1 is 0.976 bits per heavy atom. The van der Waals surface area contributed by atoms with Gasteiger partial charge in [-0.3, -0.25) is 14.5 Å². The van der Waals surface area contributed by atoms with Crippen molar-refractivity contribution in [2.75, 3.05) is 33.3 Å². The number of rotatable bonds is 8. The van der Waals surface area contributed by atoms with Gasteiger partial charge in [0.2, 0.25) is 5.91 Å². The van der Waals surface area contributed by atoms with Crippen LogP contribution in [-0.2, 0) is 20.7 Å². The Bertz CT molecular complexity index is 1260.